The molecule has 0 saturated carbocycles. The lowest BCUT2D eigenvalue weighted by Gasteiger charge is -2.25. The molecule has 1 aliphatic rings. The van der Waals surface area contributed by atoms with Crippen LogP contribution in [0.25, 0.3) is 10.9 Å². The molecule has 0 amide bonds. The van der Waals surface area contributed by atoms with E-state index in [1.165, 1.54) is 22.2 Å². The smallest absolute Gasteiger partial charge is 0.0908 e. The van der Waals surface area contributed by atoms with Gasteiger partial charge in [0.1, 0.15) is 0 Å². The van der Waals surface area contributed by atoms with Crippen LogP contribution in [0.1, 0.15) is 28.6 Å². The van der Waals surface area contributed by atoms with Crippen molar-refractivity contribution in [2.75, 3.05) is 6.54 Å². The number of hydrogen-bond acceptors (Lipinski definition) is 2. The molecule has 3 heterocycles. The molecule has 0 aliphatic carbocycles. The SMILES string of the molecule is Cc1cccnc1C1NCCc2c1[nH]c1ccc(Cl)cc21. The van der Waals surface area contributed by atoms with Gasteiger partial charge in [-0.2, -0.15) is 0 Å². The molecule has 2 N–H and O–H groups in total. The van der Waals surface area contributed by atoms with E-state index in [1.54, 1.807) is 0 Å². The predicted octanol–water partition coefficient (Wildman–Crippen LogP) is 3.76. The quantitative estimate of drug-likeness (QED) is 0.718. The summed E-state index contributed by atoms with van der Waals surface area (Å²) in [7, 11) is 0. The average Bonchev–Trinajstić information content (AvgIpc) is 2.86. The molecule has 106 valence electrons. The van der Waals surface area contributed by atoms with Crippen LogP contribution in [0, 0.1) is 6.92 Å². The third kappa shape index (κ3) is 2.04. The van der Waals surface area contributed by atoms with Gasteiger partial charge in [-0.1, -0.05) is 17.7 Å². The second-order valence-corrected chi connectivity index (χ2v) is 5.99. The van der Waals surface area contributed by atoms with Crippen molar-refractivity contribution in [3.63, 3.8) is 0 Å². The zero-order valence-electron chi connectivity index (χ0n) is 11.8. The van der Waals surface area contributed by atoms with Crippen molar-refractivity contribution in [2.24, 2.45) is 0 Å². The third-order valence-electron chi connectivity index (χ3n) is 4.24. The van der Waals surface area contributed by atoms with Gasteiger partial charge < -0.3 is 10.3 Å². The topological polar surface area (TPSA) is 40.7 Å². The van der Waals surface area contributed by atoms with E-state index in [4.69, 9.17) is 11.6 Å². The second-order valence-electron chi connectivity index (χ2n) is 5.55. The molecule has 0 fully saturated rings. The minimum Gasteiger partial charge on any atom is -0.357 e. The van der Waals surface area contributed by atoms with Crippen molar-refractivity contribution in [2.45, 2.75) is 19.4 Å². The van der Waals surface area contributed by atoms with Gasteiger partial charge in [-0.25, -0.2) is 0 Å². The Morgan fingerprint density at radius 1 is 1.29 bits per heavy atom. The standard InChI is InChI=1S/C17H16ClN3/c1-10-3-2-7-19-15(10)17-16-12(6-8-20-17)13-9-11(18)4-5-14(13)21-16/h2-5,7,9,17,20-21H,6,8H2,1H3. The molecule has 1 aromatic carbocycles. The van der Waals surface area contributed by atoms with Crippen LogP contribution in [-0.4, -0.2) is 16.5 Å². The highest BCUT2D eigenvalue weighted by molar-refractivity contribution is 6.31. The van der Waals surface area contributed by atoms with Crippen molar-refractivity contribution in [1.82, 2.24) is 15.3 Å². The lowest BCUT2D eigenvalue weighted by atomic mass is 9.95. The van der Waals surface area contributed by atoms with Crippen molar-refractivity contribution < 1.29 is 0 Å². The normalized spacial score (nSPS) is 17.9. The van der Waals surface area contributed by atoms with E-state index in [-0.39, 0.29) is 6.04 Å². The second kappa shape index (κ2) is 4.86. The Hall–Kier alpha value is -1.84. The van der Waals surface area contributed by atoms with Crippen LogP contribution in [0.15, 0.2) is 36.5 Å². The van der Waals surface area contributed by atoms with Gasteiger partial charge in [0.15, 0.2) is 0 Å². The Bertz CT molecular complexity index is 822. The van der Waals surface area contributed by atoms with E-state index in [0.29, 0.717) is 0 Å². The summed E-state index contributed by atoms with van der Waals surface area (Å²) in [5, 5.41) is 5.60. The van der Waals surface area contributed by atoms with E-state index in [0.717, 1.165) is 29.2 Å². The first-order valence-corrected chi connectivity index (χ1v) is 7.57. The molecule has 0 saturated heterocycles. The number of halogens is 1. The number of aromatic amines is 1. The monoisotopic (exact) mass is 297 g/mol. The largest absolute Gasteiger partial charge is 0.357 e. The van der Waals surface area contributed by atoms with Crippen molar-refractivity contribution in [3.05, 3.63) is 64.1 Å². The maximum absolute atomic E-state index is 6.15. The van der Waals surface area contributed by atoms with Crippen LogP contribution in [0.4, 0.5) is 0 Å². The number of aryl methyl sites for hydroxylation is 1. The fourth-order valence-electron chi connectivity index (χ4n) is 3.23. The lowest BCUT2D eigenvalue weighted by Crippen LogP contribution is -2.31. The molecule has 3 aromatic rings. The van der Waals surface area contributed by atoms with E-state index < -0.39 is 0 Å². The summed E-state index contributed by atoms with van der Waals surface area (Å²) in [6.45, 7) is 3.06. The number of H-pyrrole nitrogens is 1. The summed E-state index contributed by atoms with van der Waals surface area (Å²) < 4.78 is 0. The fraction of sp³-hybridized carbons (Fsp3) is 0.235. The highest BCUT2D eigenvalue weighted by Crippen LogP contribution is 2.34. The molecule has 4 rings (SSSR count). The molecule has 3 nitrogen and oxygen atoms in total. The van der Waals surface area contributed by atoms with Crippen molar-refractivity contribution in [1.29, 1.82) is 0 Å². The lowest BCUT2D eigenvalue weighted by molar-refractivity contribution is 0.547. The Morgan fingerprint density at radius 2 is 2.19 bits per heavy atom. The van der Waals surface area contributed by atoms with Crippen LogP contribution < -0.4 is 5.32 Å². The summed E-state index contributed by atoms with van der Waals surface area (Å²) in [6, 6.07) is 10.3. The van der Waals surface area contributed by atoms with E-state index in [2.05, 4.69) is 40.4 Å². The number of fused-ring (bicyclic) bond motifs is 3. The van der Waals surface area contributed by atoms with Crippen molar-refractivity contribution in [3.8, 4) is 0 Å². The molecule has 0 spiro atoms. The number of pyridine rings is 1. The van der Waals surface area contributed by atoms with E-state index >= 15 is 0 Å². The van der Waals surface area contributed by atoms with Crippen LogP contribution in [0.2, 0.25) is 5.02 Å². The van der Waals surface area contributed by atoms with Gasteiger partial charge in [0, 0.05) is 34.4 Å². The fourth-order valence-corrected chi connectivity index (χ4v) is 3.41. The highest BCUT2D eigenvalue weighted by atomic mass is 35.5. The van der Waals surface area contributed by atoms with Gasteiger partial charge >= 0.3 is 0 Å². The van der Waals surface area contributed by atoms with Gasteiger partial charge in [0.2, 0.25) is 0 Å². The van der Waals surface area contributed by atoms with E-state index in [9.17, 15) is 0 Å². The molecule has 4 heteroatoms. The number of benzene rings is 1. The molecule has 1 unspecified atom stereocenters. The summed E-state index contributed by atoms with van der Waals surface area (Å²) in [4.78, 5) is 8.14. The van der Waals surface area contributed by atoms with Crippen LogP contribution in [0.3, 0.4) is 0 Å². The third-order valence-corrected chi connectivity index (χ3v) is 4.47. The van der Waals surface area contributed by atoms with Gasteiger partial charge in [0.25, 0.3) is 0 Å². The minimum absolute atomic E-state index is 0.126. The average molecular weight is 298 g/mol. The number of nitrogens with one attached hydrogen (secondary N) is 2. The first kappa shape index (κ1) is 12.9. The van der Waals surface area contributed by atoms with Crippen LogP contribution in [-0.2, 0) is 6.42 Å². The van der Waals surface area contributed by atoms with Gasteiger partial charge in [-0.3, -0.25) is 4.98 Å². The number of hydrogen-bond donors (Lipinski definition) is 2. The van der Waals surface area contributed by atoms with Crippen molar-refractivity contribution >= 4 is 22.5 Å². The van der Waals surface area contributed by atoms with Gasteiger partial charge in [-0.05, 0) is 48.7 Å². The molecule has 21 heavy (non-hydrogen) atoms. The molecule has 2 aromatic heterocycles. The minimum atomic E-state index is 0.126. The predicted molar refractivity (Wildman–Crippen MR) is 85.8 cm³/mol. The van der Waals surface area contributed by atoms with Gasteiger partial charge in [-0.15, -0.1) is 0 Å². The van der Waals surface area contributed by atoms with Gasteiger partial charge in [0.05, 0.1) is 11.7 Å². The molecule has 0 bridgehead atoms. The molecule has 0 radical (unpaired) electrons. The Kier molecular flexibility index (Phi) is 2.98. The Balaban J connectivity index is 1.92. The molecule has 1 atom stereocenters. The van der Waals surface area contributed by atoms with Crippen LogP contribution in [0.5, 0.6) is 0 Å². The first-order chi connectivity index (χ1) is 10.2. The summed E-state index contributed by atoms with van der Waals surface area (Å²) in [5.74, 6) is 0. The zero-order valence-corrected chi connectivity index (χ0v) is 12.5. The number of nitrogens with zero attached hydrogens (tertiary/aromatic N) is 1. The maximum atomic E-state index is 6.15. The Labute approximate surface area is 128 Å². The molecule has 1 aliphatic heterocycles. The molecular formula is C17H16ClN3. The maximum Gasteiger partial charge on any atom is 0.0908 e. The zero-order chi connectivity index (χ0) is 14.4. The molecular weight excluding hydrogens is 282 g/mol. The van der Waals surface area contributed by atoms with E-state index in [1.807, 2.05) is 18.3 Å². The summed E-state index contributed by atoms with van der Waals surface area (Å²) in [5.41, 5.74) is 6.03. The highest BCUT2D eigenvalue weighted by Gasteiger charge is 2.26. The number of aromatic nitrogens is 2. The summed E-state index contributed by atoms with van der Waals surface area (Å²) >= 11 is 6.15. The summed E-state index contributed by atoms with van der Waals surface area (Å²) in [6.07, 6.45) is 2.87. The van der Waals surface area contributed by atoms with Crippen LogP contribution >= 0.6 is 11.6 Å². The Morgan fingerprint density at radius 3 is 3.05 bits per heavy atom. The number of rotatable bonds is 1. The first-order valence-electron chi connectivity index (χ1n) is 7.19.